The molecule has 2 rings (SSSR count). The molecule has 0 aliphatic rings. The van der Waals surface area contributed by atoms with Crippen molar-refractivity contribution in [2.24, 2.45) is 0 Å². The zero-order valence-corrected chi connectivity index (χ0v) is 8.26. The first-order valence-electron chi connectivity index (χ1n) is 4.41. The maximum Gasteiger partial charge on any atom is 0.372 e. The average molecular weight is 221 g/mol. The molecule has 0 aliphatic carbocycles. The summed E-state index contributed by atoms with van der Waals surface area (Å²) in [4.78, 5) is 20.7. The molecule has 6 nitrogen and oxygen atoms in total. The van der Waals surface area contributed by atoms with Crippen molar-refractivity contribution >= 4 is 22.6 Å². The van der Waals surface area contributed by atoms with Crippen LogP contribution in [0.2, 0.25) is 0 Å². The summed E-state index contributed by atoms with van der Waals surface area (Å²) in [5.41, 5.74) is 0.555. The van der Waals surface area contributed by atoms with Crippen LogP contribution in [-0.4, -0.2) is 16.0 Å². The summed E-state index contributed by atoms with van der Waals surface area (Å²) in [6.45, 7) is 1.60. The molecule has 1 N–H and O–H groups in total. The predicted molar refractivity (Wildman–Crippen MR) is 54.6 cm³/mol. The number of carboxylic acid groups (broad SMARTS) is 1. The van der Waals surface area contributed by atoms with Gasteiger partial charge < -0.3 is 9.52 Å². The summed E-state index contributed by atoms with van der Waals surface area (Å²) in [7, 11) is 0. The Hall–Kier alpha value is -2.37. The fourth-order valence-electron chi connectivity index (χ4n) is 1.53. The van der Waals surface area contributed by atoms with E-state index in [-0.39, 0.29) is 17.0 Å². The second kappa shape index (κ2) is 3.34. The van der Waals surface area contributed by atoms with Crippen LogP contribution in [0.5, 0.6) is 0 Å². The van der Waals surface area contributed by atoms with E-state index in [1.807, 2.05) is 0 Å². The molecule has 0 bridgehead atoms. The average Bonchev–Trinajstić information content (AvgIpc) is 2.55. The number of non-ortho nitro benzene ring substituents is 1. The maximum absolute atomic E-state index is 10.8. The van der Waals surface area contributed by atoms with Gasteiger partial charge in [-0.1, -0.05) is 0 Å². The molecule has 0 spiro atoms. The van der Waals surface area contributed by atoms with Crippen molar-refractivity contribution in [3.05, 3.63) is 39.6 Å². The first-order valence-corrected chi connectivity index (χ1v) is 4.41. The number of nitro groups is 1. The molecule has 0 saturated carbocycles. The molecule has 1 heterocycles. The van der Waals surface area contributed by atoms with Gasteiger partial charge in [0.05, 0.1) is 11.0 Å². The van der Waals surface area contributed by atoms with Crippen molar-refractivity contribution in [1.29, 1.82) is 0 Å². The number of carboxylic acids is 1. The fourth-order valence-corrected chi connectivity index (χ4v) is 1.53. The molecule has 6 heteroatoms. The van der Waals surface area contributed by atoms with Crippen molar-refractivity contribution in [2.45, 2.75) is 6.92 Å². The van der Waals surface area contributed by atoms with Gasteiger partial charge in [-0.3, -0.25) is 10.1 Å². The van der Waals surface area contributed by atoms with Gasteiger partial charge in [0.2, 0.25) is 5.76 Å². The zero-order valence-electron chi connectivity index (χ0n) is 8.26. The highest BCUT2D eigenvalue weighted by Gasteiger charge is 2.18. The smallest absolute Gasteiger partial charge is 0.372 e. The highest BCUT2D eigenvalue weighted by atomic mass is 16.6. The summed E-state index contributed by atoms with van der Waals surface area (Å²) in [6, 6.07) is 4.02. The highest BCUT2D eigenvalue weighted by molar-refractivity contribution is 5.95. The lowest BCUT2D eigenvalue weighted by atomic mass is 10.1. The van der Waals surface area contributed by atoms with Crippen LogP contribution in [-0.2, 0) is 0 Å². The van der Waals surface area contributed by atoms with Gasteiger partial charge in [0, 0.05) is 17.0 Å². The second-order valence-electron chi connectivity index (χ2n) is 3.30. The van der Waals surface area contributed by atoms with Gasteiger partial charge in [-0.25, -0.2) is 4.79 Å². The lowest BCUT2D eigenvalue weighted by molar-refractivity contribution is -0.384. The summed E-state index contributed by atoms with van der Waals surface area (Å²) < 4.78 is 5.05. The van der Waals surface area contributed by atoms with Crippen LogP contribution in [0.4, 0.5) is 5.69 Å². The molecule has 0 aliphatic heterocycles. The minimum Gasteiger partial charge on any atom is -0.475 e. The molecule has 0 saturated heterocycles. The van der Waals surface area contributed by atoms with Crippen LogP contribution < -0.4 is 0 Å². The number of aryl methyl sites for hydroxylation is 1. The van der Waals surface area contributed by atoms with Crippen molar-refractivity contribution in [3.63, 3.8) is 0 Å². The van der Waals surface area contributed by atoms with Gasteiger partial charge in [-0.2, -0.15) is 0 Å². The molecule has 0 radical (unpaired) electrons. The van der Waals surface area contributed by atoms with Crippen LogP contribution in [0.1, 0.15) is 16.1 Å². The molecule has 16 heavy (non-hydrogen) atoms. The summed E-state index contributed by atoms with van der Waals surface area (Å²) in [5.74, 6) is -1.37. The molecule has 0 atom stereocenters. The standard InChI is InChI=1S/C10H7NO5/c1-5-7-3-2-6(11(14)15)4-8(7)16-9(5)10(12)13/h2-4H,1H3,(H,12,13). The molecule has 0 fully saturated rings. The summed E-state index contributed by atoms with van der Waals surface area (Å²) in [5, 5.41) is 19.9. The van der Waals surface area contributed by atoms with E-state index in [9.17, 15) is 14.9 Å². The first kappa shape index (κ1) is 10.2. The lowest BCUT2D eigenvalue weighted by Crippen LogP contribution is -1.94. The molecule has 82 valence electrons. The van der Waals surface area contributed by atoms with Crippen LogP contribution in [0, 0.1) is 17.0 Å². The third-order valence-corrected chi connectivity index (χ3v) is 2.33. The maximum atomic E-state index is 10.8. The normalized spacial score (nSPS) is 10.6. The third kappa shape index (κ3) is 1.40. The first-order chi connectivity index (χ1) is 7.50. The van der Waals surface area contributed by atoms with Crippen molar-refractivity contribution in [1.82, 2.24) is 0 Å². The van der Waals surface area contributed by atoms with Gasteiger partial charge in [0.25, 0.3) is 5.69 Å². The summed E-state index contributed by atoms with van der Waals surface area (Å²) in [6.07, 6.45) is 0. The summed E-state index contributed by atoms with van der Waals surface area (Å²) >= 11 is 0. The van der Waals surface area contributed by atoms with Crippen molar-refractivity contribution in [2.75, 3.05) is 0 Å². The van der Waals surface area contributed by atoms with Gasteiger partial charge in [-0.05, 0) is 13.0 Å². The van der Waals surface area contributed by atoms with Crippen LogP contribution >= 0.6 is 0 Å². The number of nitrogens with zero attached hydrogens (tertiary/aromatic N) is 1. The van der Waals surface area contributed by atoms with E-state index in [1.165, 1.54) is 18.2 Å². The second-order valence-corrected chi connectivity index (χ2v) is 3.30. The predicted octanol–water partition coefficient (Wildman–Crippen LogP) is 2.35. The Labute approximate surface area is 89.2 Å². The number of hydrogen-bond donors (Lipinski definition) is 1. The number of hydrogen-bond acceptors (Lipinski definition) is 4. The van der Waals surface area contributed by atoms with E-state index in [0.717, 1.165) is 0 Å². The number of furan rings is 1. The topological polar surface area (TPSA) is 93.6 Å². The van der Waals surface area contributed by atoms with Crippen LogP contribution in [0.3, 0.4) is 0 Å². The van der Waals surface area contributed by atoms with Gasteiger partial charge in [0.15, 0.2) is 0 Å². The molecular weight excluding hydrogens is 214 g/mol. The van der Waals surface area contributed by atoms with E-state index in [4.69, 9.17) is 9.52 Å². The number of rotatable bonds is 2. The molecule has 1 aromatic heterocycles. The van der Waals surface area contributed by atoms with E-state index >= 15 is 0 Å². The van der Waals surface area contributed by atoms with Gasteiger partial charge in [0.1, 0.15) is 5.58 Å². The van der Waals surface area contributed by atoms with Gasteiger partial charge >= 0.3 is 5.97 Å². The molecule has 0 unspecified atom stereocenters. The Balaban J connectivity index is 2.72. The number of aromatic carboxylic acids is 1. The number of carbonyl (C=O) groups is 1. The van der Waals surface area contributed by atoms with E-state index < -0.39 is 10.9 Å². The van der Waals surface area contributed by atoms with Crippen LogP contribution in [0.15, 0.2) is 22.6 Å². The Morgan fingerprint density at radius 3 is 2.75 bits per heavy atom. The molecule has 2 aromatic rings. The highest BCUT2D eigenvalue weighted by Crippen LogP contribution is 2.28. The zero-order chi connectivity index (χ0) is 11.9. The minimum atomic E-state index is -1.18. The molecular formula is C10H7NO5. The number of benzene rings is 1. The number of nitro benzene ring substituents is 1. The van der Waals surface area contributed by atoms with E-state index in [0.29, 0.717) is 10.9 Å². The number of fused-ring (bicyclic) bond motifs is 1. The Morgan fingerprint density at radius 1 is 1.50 bits per heavy atom. The van der Waals surface area contributed by atoms with E-state index in [1.54, 1.807) is 6.92 Å². The molecule has 1 aromatic carbocycles. The fraction of sp³-hybridized carbons (Fsp3) is 0.100. The third-order valence-electron chi connectivity index (χ3n) is 2.33. The Kier molecular flexibility index (Phi) is 2.12. The SMILES string of the molecule is Cc1c(C(=O)O)oc2cc([N+](=O)[O-])ccc12. The van der Waals surface area contributed by atoms with Crippen LogP contribution in [0.25, 0.3) is 11.0 Å². The Bertz CT molecular complexity index is 599. The lowest BCUT2D eigenvalue weighted by Gasteiger charge is -1.90. The Morgan fingerprint density at radius 2 is 2.19 bits per heavy atom. The van der Waals surface area contributed by atoms with Crippen molar-refractivity contribution in [3.8, 4) is 0 Å². The monoisotopic (exact) mass is 221 g/mol. The largest absolute Gasteiger partial charge is 0.475 e. The molecule has 0 amide bonds. The van der Waals surface area contributed by atoms with Crippen molar-refractivity contribution < 1.29 is 19.2 Å². The van der Waals surface area contributed by atoms with E-state index in [2.05, 4.69) is 0 Å². The van der Waals surface area contributed by atoms with Gasteiger partial charge in [-0.15, -0.1) is 0 Å². The minimum absolute atomic E-state index is 0.127. The quantitative estimate of drug-likeness (QED) is 0.620.